The van der Waals surface area contributed by atoms with Gasteiger partial charge in [-0.3, -0.25) is 0 Å². The third-order valence-electron chi connectivity index (χ3n) is 2.58. The second-order valence-corrected chi connectivity index (χ2v) is 3.74. The number of hydrogen-bond acceptors (Lipinski definition) is 2. The largest absolute Gasteiger partial charge is 0.486 e. The minimum absolute atomic E-state index is 0.0317. The van der Waals surface area contributed by atoms with Crippen molar-refractivity contribution < 1.29 is 17.9 Å². The van der Waals surface area contributed by atoms with Crippen molar-refractivity contribution in [2.24, 2.45) is 0 Å². The second kappa shape index (κ2) is 3.88. The van der Waals surface area contributed by atoms with E-state index in [0.29, 0.717) is 18.0 Å². The molecule has 0 saturated heterocycles. The zero-order chi connectivity index (χ0) is 11.8. The third-order valence-corrected chi connectivity index (χ3v) is 2.58. The van der Waals surface area contributed by atoms with Gasteiger partial charge in [0, 0.05) is 0 Å². The highest BCUT2D eigenvalue weighted by Crippen LogP contribution is 2.36. The van der Waals surface area contributed by atoms with Gasteiger partial charge in [0.25, 0.3) is 0 Å². The maximum Gasteiger partial charge on any atom is 0.416 e. The van der Waals surface area contributed by atoms with Crippen LogP contribution in [0.1, 0.15) is 18.9 Å². The Hall–Kier alpha value is -1.39. The number of benzene rings is 1. The molecular weight excluding hydrogens is 219 g/mol. The Labute approximate surface area is 91.4 Å². The Morgan fingerprint density at radius 2 is 2.19 bits per heavy atom. The number of halogens is 3. The molecule has 0 spiro atoms. The second-order valence-electron chi connectivity index (χ2n) is 3.74. The molecule has 1 N–H and O–H groups in total. The van der Waals surface area contributed by atoms with Gasteiger partial charge in [0.1, 0.15) is 11.9 Å². The van der Waals surface area contributed by atoms with Crippen molar-refractivity contribution in [3.05, 3.63) is 23.8 Å². The van der Waals surface area contributed by atoms with Crippen molar-refractivity contribution in [1.29, 1.82) is 0 Å². The van der Waals surface area contributed by atoms with Crippen LogP contribution in [0.25, 0.3) is 0 Å². The molecule has 1 unspecified atom stereocenters. The summed E-state index contributed by atoms with van der Waals surface area (Å²) in [7, 11) is 0. The van der Waals surface area contributed by atoms with E-state index in [0.717, 1.165) is 18.6 Å². The number of hydrogen-bond donors (Lipinski definition) is 1. The summed E-state index contributed by atoms with van der Waals surface area (Å²) in [6, 6.07) is 3.49. The van der Waals surface area contributed by atoms with Crippen LogP contribution >= 0.6 is 0 Å². The Bertz CT molecular complexity index is 389. The normalized spacial score (nSPS) is 19.6. The third kappa shape index (κ3) is 2.08. The molecule has 0 fully saturated rings. The van der Waals surface area contributed by atoms with Crippen molar-refractivity contribution in [3.63, 3.8) is 0 Å². The van der Waals surface area contributed by atoms with Gasteiger partial charge in [-0.2, -0.15) is 13.2 Å². The monoisotopic (exact) mass is 231 g/mol. The van der Waals surface area contributed by atoms with Gasteiger partial charge in [0.2, 0.25) is 0 Å². The van der Waals surface area contributed by atoms with E-state index in [1.54, 1.807) is 0 Å². The molecule has 5 heteroatoms. The van der Waals surface area contributed by atoms with E-state index in [2.05, 4.69) is 5.32 Å². The topological polar surface area (TPSA) is 21.3 Å². The van der Waals surface area contributed by atoms with Crippen LogP contribution in [0, 0.1) is 0 Å². The van der Waals surface area contributed by atoms with Crippen LogP contribution in [0.4, 0.5) is 18.9 Å². The van der Waals surface area contributed by atoms with Crippen LogP contribution in [0.3, 0.4) is 0 Å². The molecule has 1 heterocycles. The number of nitrogens with one attached hydrogen (secondary N) is 1. The number of ether oxygens (including phenoxy) is 1. The summed E-state index contributed by atoms with van der Waals surface area (Å²) in [6.45, 7) is 2.52. The first-order valence-electron chi connectivity index (χ1n) is 5.12. The van der Waals surface area contributed by atoms with E-state index >= 15 is 0 Å². The maximum absolute atomic E-state index is 12.4. The van der Waals surface area contributed by atoms with Crippen molar-refractivity contribution in [2.45, 2.75) is 25.6 Å². The Morgan fingerprint density at radius 1 is 1.44 bits per heavy atom. The van der Waals surface area contributed by atoms with Gasteiger partial charge in [-0.25, -0.2) is 0 Å². The first-order valence-corrected chi connectivity index (χ1v) is 5.12. The Morgan fingerprint density at radius 3 is 2.81 bits per heavy atom. The molecule has 16 heavy (non-hydrogen) atoms. The van der Waals surface area contributed by atoms with Crippen LogP contribution in [0.15, 0.2) is 18.2 Å². The summed E-state index contributed by atoms with van der Waals surface area (Å²) in [4.78, 5) is 0. The summed E-state index contributed by atoms with van der Waals surface area (Å²) in [5.74, 6) is 0.492. The standard InChI is InChI=1S/C11H12F3NO/c1-2-8-6-15-9-5-7(11(12,13)14)3-4-10(9)16-8/h3-5,8,15H,2,6H2,1H3. The van der Waals surface area contributed by atoms with E-state index < -0.39 is 11.7 Å². The van der Waals surface area contributed by atoms with E-state index in [-0.39, 0.29) is 6.10 Å². The lowest BCUT2D eigenvalue weighted by Crippen LogP contribution is -2.30. The summed E-state index contributed by atoms with van der Waals surface area (Å²) >= 11 is 0. The van der Waals surface area contributed by atoms with Crippen molar-refractivity contribution in [1.82, 2.24) is 0 Å². The smallest absolute Gasteiger partial charge is 0.416 e. The van der Waals surface area contributed by atoms with Gasteiger partial charge in [0.05, 0.1) is 17.8 Å². The number of rotatable bonds is 1. The van der Waals surface area contributed by atoms with Gasteiger partial charge >= 0.3 is 6.18 Å². The fourth-order valence-corrected chi connectivity index (χ4v) is 1.62. The molecule has 88 valence electrons. The fourth-order valence-electron chi connectivity index (χ4n) is 1.62. The summed E-state index contributed by atoms with van der Waals surface area (Å²) in [5.41, 5.74) is -0.239. The molecule has 1 aromatic carbocycles. The van der Waals surface area contributed by atoms with Crippen molar-refractivity contribution >= 4 is 5.69 Å². The summed E-state index contributed by atoms with van der Waals surface area (Å²) < 4.78 is 42.8. The van der Waals surface area contributed by atoms with E-state index in [4.69, 9.17) is 4.74 Å². The van der Waals surface area contributed by atoms with E-state index in [1.807, 2.05) is 6.92 Å². The average molecular weight is 231 g/mol. The van der Waals surface area contributed by atoms with Gasteiger partial charge in [0.15, 0.2) is 0 Å². The van der Waals surface area contributed by atoms with Gasteiger partial charge in [-0.05, 0) is 24.6 Å². The van der Waals surface area contributed by atoms with Crippen molar-refractivity contribution in [3.8, 4) is 5.75 Å². The molecule has 1 atom stereocenters. The molecule has 0 aromatic heterocycles. The summed E-state index contributed by atoms with van der Waals surface area (Å²) in [5, 5.41) is 2.95. The number of fused-ring (bicyclic) bond motifs is 1. The SMILES string of the molecule is CCC1CNc2cc(C(F)(F)F)ccc2O1. The predicted molar refractivity (Wildman–Crippen MR) is 54.6 cm³/mol. The molecule has 1 aliphatic rings. The molecule has 1 aromatic rings. The Kier molecular flexibility index (Phi) is 2.69. The summed E-state index contributed by atoms with van der Waals surface area (Å²) in [6.07, 6.45) is -3.45. The lowest BCUT2D eigenvalue weighted by molar-refractivity contribution is -0.137. The lowest BCUT2D eigenvalue weighted by atomic mass is 10.1. The van der Waals surface area contributed by atoms with Crippen LogP contribution in [0.2, 0.25) is 0 Å². The van der Waals surface area contributed by atoms with Crippen LogP contribution < -0.4 is 10.1 Å². The Balaban J connectivity index is 2.28. The molecule has 0 saturated carbocycles. The first-order chi connectivity index (χ1) is 7.50. The highest BCUT2D eigenvalue weighted by Gasteiger charge is 2.32. The predicted octanol–water partition coefficient (Wildman–Crippen LogP) is 3.29. The van der Waals surface area contributed by atoms with Gasteiger partial charge in [-0.15, -0.1) is 0 Å². The number of anilines is 1. The molecule has 0 aliphatic carbocycles. The van der Waals surface area contributed by atoms with Gasteiger partial charge < -0.3 is 10.1 Å². The van der Waals surface area contributed by atoms with E-state index in [1.165, 1.54) is 6.07 Å². The van der Waals surface area contributed by atoms with Crippen LogP contribution in [-0.4, -0.2) is 12.6 Å². The van der Waals surface area contributed by atoms with Crippen LogP contribution in [-0.2, 0) is 6.18 Å². The fraction of sp³-hybridized carbons (Fsp3) is 0.455. The molecule has 0 radical (unpaired) electrons. The first kappa shape index (κ1) is 11.1. The highest BCUT2D eigenvalue weighted by molar-refractivity contribution is 5.60. The zero-order valence-corrected chi connectivity index (χ0v) is 8.77. The maximum atomic E-state index is 12.4. The number of alkyl halides is 3. The minimum atomic E-state index is -4.31. The quantitative estimate of drug-likeness (QED) is 0.800. The van der Waals surface area contributed by atoms with Crippen LogP contribution in [0.5, 0.6) is 5.75 Å². The average Bonchev–Trinajstić information content (AvgIpc) is 2.26. The molecule has 2 rings (SSSR count). The molecular formula is C11H12F3NO. The minimum Gasteiger partial charge on any atom is -0.486 e. The molecule has 0 amide bonds. The molecule has 1 aliphatic heterocycles. The lowest BCUT2D eigenvalue weighted by Gasteiger charge is -2.27. The molecule has 2 nitrogen and oxygen atoms in total. The highest BCUT2D eigenvalue weighted by atomic mass is 19.4. The molecule has 0 bridgehead atoms. The zero-order valence-electron chi connectivity index (χ0n) is 8.77. The van der Waals surface area contributed by atoms with Crippen molar-refractivity contribution in [2.75, 3.05) is 11.9 Å². The van der Waals surface area contributed by atoms with Gasteiger partial charge in [-0.1, -0.05) is 6.92 Å². The van der Waals surface area contributed by atoms with E-state index in [9.17, 15) is 13.2 Å².